The van der Waals surface area contributed by atoms with E-state index < -0.39 is 0 Å². The highest BCUT2D eigenvalue weighted by molar-refractivity contribution is 5.56. The second-order valence-electron chi connectivity index (χ2n) is 5.58. The molecule has 1 nitrogen and oxygen atoms in total. The summed E-state index contributed by atoms with van der Waals surface area (Å²) in [4.78, 5) is 0. The Morgan fingerprint density at radius 3 is 2.10 bits per heavy atom. The fraction of sp³-hybridized carbons (Fsp3) is 0.579. The molecule has 1 N–H and O–H groups in total. The van der Waals surface area contributed by atoms with Gasteiger partial charge in [0.05, 0.1) is 0 Å². The number of unbranched alkanes of at least 4 members (excludes halogenated alkanes) is 9. The zero-order chi connectivity index (χ0) is 14.5. The third kappa shape index (κ3) is 8.04. The zero-order valence-corrected chi connectivity index (χ0v) is 13.0. The molecule has 0 amide bonds. The van der Waals surface area contributed by atoms with Gasteiger partial charge in [-0.05, 0) is 18.9 Å². The van der Waals surface area contributed by atoms with Gasteiger partial charge in [0.25, 0.3) is 0 Å². The lowest BCUT2D eigenvalue weighted by molar-refractivity contribution is 0.474. The van der Waals surface area contributed by atoms with Gasteiger partial charge in [0.2, 0.25) is 0 Å². The molecule has 0 aliphatic heterocycles. The fourth-order valence-electron chi connectivity index (χ4n) is 2.41. The van der Waals surface area contributed by atoms with Crippen molar-refractivity contribution in [3.05, 3.63) is 35.9 Å². The first-order chi connectivity index (χ1) is 9.84. The number of phenols is 1. The van der Waals surface area contributed by atoms with E-state index >= 15 is 0 Å². The first-order valence-corrected chi connectivity index (χ1v) is 8.29. The molecule has 1 aromatic carbocycles. The van der Waals surface area contributed by atoms with Gasteiger partial charge in [0.1, 0.15) is 5.75 Å². The minimum Gasteiger partial charge on any atom is -0.507 e. The first kappa shape index (κ1) is 16.8. The molecule has 0 fully saturated rings. The van der Waals surface area contributed by atoms with Crippen LogP contribution in [0.3, 0.4) is 0 Å². The maximum atomic E-state index is 9.62. The number of benzene rings is 1. The van der Waals surface area contributed by atoms with Gasteiger partial charge in [-0.3, -0.25) is 0 Å². The lowest BCUT2D eigenvalue weighted by Gasteiger charge is -2.01. The van der Waals surface area contributed by atoms with E-state index in [0.29, 0.717) is 5.75 Å². The molecule has 0 bridgehead atoms. The van der Waals surface area contributed by atoms with E-state index in [1.807, 2.05) is 24.3 Å². The van der Waals surface area contributed by atoms with Gasteiger partial charge in [-0.1, -0.05) is 88.6 Å². The number of para-hydroxylation sites is 1. The summed E-state index contributed by atoms with van der Waals surface area (Å²) in [6.07, 6.45) is 17.7. The normalized spacial score (nSPS) is 11.2. The Bertz CT molecular complexity index is 368. The topological polar surface area (TPSA) is 20.2 Å². The highest BCUT2D eigenvalue weighted by Crippen LogP contribution is 2.17. The average Bonchev–Trinajstić information content (AvgIpc) is 2.46. The van der Waals surface area contributed by atoms with E-state index in [9.17, 15) is 5.11 Å². The van der Waals surface area contributed by atoms with Crippen LogP contribution in [-0.2, 0) is 0 Å². The van der Waals surface area contributed by atoms with Crippen molar-refractivity contribution in [2.75, 3.05) is 0 Å². The quantitative estimate of drug-likeness (QED) is 0.468. The highest BCUT2D eigenvalue weighted by Gasteiger charge is 1.94. The standard InChI is InChI=1S/C19H30O/c1-2-3-4-5-6-7-8-9-10-11-12-15-18-16-13-14-17-19(18)20/h12-17,20H,2-11H2,1H3. The van der Waals surface area contributed by atoms with Gasteiger partial charge in [0, 0.05) is 5.56 Å². The summed E-state index contributed by atoms with van der Waals surface area (Å²) in [7, 11) is 0. The molecule has 112 valence electrons. The van der Waals surface area contributed by atoms with Crippen LogP contribution in [0.5, 0.6) is 5.75 Å². The van der Waals surface area contributed by atoms with Crippen LogP contribution >= 0.6 is 0 Å². The molecule has 0 unspecified atom stereocenters. The predicted octanol–water partition coefficient (Wildman–Crippen LogP) is 6.33. The van der Waals surface area contributed by atoms with Gasteiger partial charge in [0.15, 0.2) is 0 Å². The molecule has 0 aromatic heterocycles. The van der Waals surface area contributed by atoms with Gasteiger partial charge in [-0.25, -0.2) is 0 Å². The van der Waals surface area contributed by atoms with Crippen molar-refractivity contribution in [2.24, 2.45) is 0 Å². The van der Waals surface area contributed by atoms with E-state index in [-0.39, 0.29) is 0 Å². The summed E-state index contributed by atoms with van der Waals surface area (Å²) in [5.74, 6) is 0.371. The Labute approximate surface area is 124 Å². The number of aromatic hydroxyl groups is 1. The summed E-state index contributed by atoms with van der Waals surface area (Å²) in [6, 6.07) is 7.49. The SMILES string of the molecule is CCCCCCCCCCCC=Cc1ccccc1O. The number of allylic oxidation sites excluding steroid dienone is 1. The number of phenolic OH excluding ortho intramolecular Hbond substituents is 1. The highest BCUT2D eigenvalue weighted by atomic mass is 16.3. The number of hydrogen-bond acceptors (Lipinski definition) is 1. The van der Waals surface area contributed by atoms with Gasteiger partial charge in [-0.15, -0.1) is 0 Å². The molecule has 0 saturated carbocycles. The molecule has 1 heteroatoms. The summed E-state index contributed by atoms with van der Waals surface area (Å²) in [6.45, 7) is 2.27. The van der Waals surface area contributed by atoms with Crippen molar-refractivity contribution in [2.45, 2.75) is 71.1 Å². The van der Waals surface area contributed by atoms with Crippen molar-refractivity contribution >= 4 is 6.08 Å². The van der Waals surface area contributed by atoms with Crippen LogP contribution in [0, 0.1) is 0 Å². The second-order valence-corrected chi connectivity index (χ2v) is 5.58. The Morgan fingerprint density at radius 1 is 0.850 bits per heavy atom. The van der Waals surface area contributed by atoms with Crippen molar-refractivity contribution in [1.82, 2.24) is 0 Å². The van der Waals surface area contributed by atoms with Crippen molar-refractivity contribution in [1.29, 1.82) is 0 Å². The molecule has 1 aromatic rings. The molecular formula is C19H30O. The Kier molecular flexibility index (Phi) is 9.73. The fourth-order valence-corrected chi connectivity index (χ4v) is 2.41. The van der Waals surface area contributed by atoms with Crippen LogP contribution in [0.4, 0.5) is 0 Å². The maximum absolute atomic E-state index is 9.62. The maximum Gasteiger partial charge on any atom is 0.122 e. The molecular weight excluding hydrogens is 244 g/mol. The molecule has 0 aliphatic carbocycles. The van der Waals surface area contributed by atoms with Crippen molar-refractivity contribution in [3.63, 3.8) is 0 Å². The zero-order valence-electron chi connectivity index (χ0n) is 13.0. The minimum atomic E-state index is 0.371. The molecule has 20 heavy (non-hydrogen) atoms. The molecule has 1 rings (SSSR count). The first-order valence-electron chi connectivity index (χ1n) is 8.29. The lowest BCUT2D eigenvalue weighted by atomic mass is 10.1. The van der Waals surface area contributed by atoms with Gasteiger partial charge in [-0.2, -0.15) is 0 Å². The lowest BCUT2D eigenvalue weighted by Crippen LogP contribution is -1.80. The van der Waals surface area contributed by atoms with E-state index in [1.165, 1.54) is 57.8 Å². The number of rotatable bonds is 11. The van der Waals surface area contributed by atoms with Crippen LogP contribution in [0.25, 0.3) is 6.08 Å². The Balaban J connectivity index is 1.96. The smallest absolute Gasteiger partial charge is 0.122 e. The van der Waals surface area contributed by atoms with Crippen LogP contribution < -0.4 is 0 Å². The number of hydrogen-bond donors (Lipinski definition) is 1. The summed E-state index contributed by atoms with van der Waals surface area (Å²) in [5.41, 5.74) is 0.920. The molecule has 0 spiro atoms. The monoisotopic (exact) mass is 274 g/mol. The predicted molar refractivity (Wildman–Crippen MR) is 89.0 cm³/mol. The van der Waals surface area contributed by atoms with Crippen molar-refractivity contribution < 1.29 is 5.11 Å². The van der Waals surface area contributed by atoms with Gasteiger partial charge >= 0.3 is 0 Å². The third-order valence-electron chi connectivity index (χ3n) is 3.71. The summed E-state index contributed by atoms with van der Waals surface area (Å²) < 4.78 is 0. The van der Waals surface area contributed by atoms with E-state index in [0.717, 1.165) is 12.0 Å². The van der Waals surface area contributed by atoms with E-state index in [2.05, 4.69) is 13.0 Å². The van der Waals surface area contributed by atoms with Crippen molar-refractivity contribution in [3.8, 4) is 5.75 Å². The molecule has 0 atom stereocenters. The average molecular weight is 274 g/mol. The van der Waals surface area contributed by atoms with Crippen LogP contribution in [0.1, 0.15) is 76.7 Å². The Hall–Kier alpha value is -1.24. The van der Waals surface area contributed by atoms with Gasteiger partial charge < -0.3 is 5.11 Å². The molecule has 0 heterocycles. The second kappa shape index (κ2) is 11.6. The summed E-state index contributed by atoms with van der Waals surface area (Å²) >= 11 is 0. The Morgan fingerprint density at radius 2 is 1.45 bits per heavy atom. The van der Waals surface area contributed by atoms with E-state index in [4.69, 9.17) is 0 Å². The third-order valence-corrected chi connectivity index (χ3v) is 3.71. The molecule has 0 saturated heterocycles. The van der Waals surface area contributed by atoms with Crippen LogP contribution in [0.2, 0.25) is 0 Å². The molecule has 0 aliphatic rings. The van der Waals surface area contributed by atoms with E-state index in [1.54, 1.807) is 6.07 Å². The van der Waals surface area contributed by atoms with Crippen LogP contribution in [0.15, 0.2) is 30.3 Å². The van der Waals surface area contributed by atoms with Crippen LogP contribution in [-0.4, -0.2) is 5.11 Å². The largest absolute Gasteiger partial charge is 0.507 e. The minimum absolute atomic E-state index is 0.371. The summed E-state index contributed by atoms with van der Waals surface area (Å²) in [5, 5.41) is 9.62. The molecule has 0 radical (unpaired) electrons.